The van der Waals surface area contributed by atoms with E-state index in [4.69, 9.17) is 4.74 Å². The van der Waals surface area contributed by atoms with Gasteiger partial charge < -0.3 is 10.1 Å². The van der Waals surface area contributed by atoms with Gasteiger partial charge in [-0.05, 0) is 68.1 Å². The number of amides is 2. The van der Waals surface area contributed by atoms with Crippen molar-refractivity contribution in [3.8, 4) is 10.4 Å². The SMILES string of the molecule is CC(C)(C)OC(=O)Nc1ccc(-c2cccs2)cc1NC(=O)c1cc[c]cc1. The second-order valence-corrected chi connectivity index (χ2v) is 8.06. The molecule has 0 saturated heterocycles. The molecule has 0 aliphatic heterocycles. The molecule has 6 heteroatoms. The Labute approximate surface area is 168 Å². The van der Waals surface area contributed by atoms with Crippen molar-refractivity contribution in [2.45, 2.75) is 26.4 Å². The van der Waals surface area contributed by atoms with E-state index in [1.54, 1.807) is 62.4 Å². The first-order chi connectivity index (χ1) is 13.3. The molecule has 0 atom stereocenters. The average Bonchev–Trinajstić information content (AvgIpc) is 3.17. The number of carbonyl (C=O) groups is 2. The molecule has 0 fully saturated rings. The van der Waals surface area contributed by atoms with E-state index in [0.717, 1.165) is 10.4 Å². The zero-order valence-corrected chi connectivity index (χ0v) is 16.7. The van der Waals surface area contributed by atoms with Crippen molar-refractivity contribution >= 4 is 34.7 Å². The summed E-state index contributed by atoms with van der Waals surface area (Å²) in [6.07, 6.45) is -0.582. The molecule has 0 aliphatic rings. The van der Waals surface area contributed by atoms with Crippen molar-refractivity contribution < 1.29 is 14.3 Å². The van der Waals surface area contributed by atoms with E-state index >= 15 is 0 Å². The van der Waals surface area contributed by atoms with Crippen LogP contribution in [0.3, 0.4) is 0 Å². The van der Waals surface area contributed by atoms with Crippen molar-refractivity contribution in [1.82, 2.24) is 0 Å². The quantitative estimate of drug-likeness (QED) is 0.587. The number of anilines is 2. The zero-order chi connectivity index (χ0) is 20.1. The molecule has 2 amide bonds. The third kappa shape index (κ3) is 5.20. The van der Waals surface area contributed by atoms with Gasteiger partial charge in [0, 0.05) is 10.4 Å². The second kappa shape index (κ2) is 8.27. The van der Waals surface area contributed by atoms with Crippen LogP contribution in [0.1, 0.15) is 31.1 Å². The first-order valence-corrected chi connectivity index (χ1v) is 9.65. The Morgan fingerprint density at radius 3 is 2.39 bits per heavy atom. The fraction of sp³-hybridized carbons (Fsp3) is 0.182. The van der Waals surface area contributed by atoms with E-state index in [1.165, 1.54) is 0 Å². The third-order valence-electron chi connectivity index (χ3n) is 3.69. The summed E-state index contributed by atoms with van der Waals surface area (Å²) in [5.41, 5.74) is 1.79. The van der Waals surface area contributed by atoms with Crippen molar-refractivity contribution in [1.29, 1.82) is 0 Å². The first kappa shape index (κ1) is 19.6. The van der Waals surface area contributed by atoms with Gasteiger partial charge in [0.05, 0.1) is 11.4 Å². The molecule has 3 rings (SSSR count). The largest absolute Gasteiger partial charge is 0.444 e. The first-order valence-electron chi connectivity index (χ1n) is 8.77. The smallest absolute Gasteiger partial charge is 0.412 e. The molecule has 1 heterocycles. The predicted octanol–water partition coefficient (Wildman–Crippen LogP) is 5.81. The van der Waals surface area contributed by atoms with Crippen molar-refractivity contribution in [3.63, 3.8) is 0 Å². The molecule has 0 unspecified atom stereocenters. The zero-order valence-electron chi connectivity index (χ0n) is 15.9. The number of carbonyl (C=O) groups excluding carboxylic acids is 2. The van der Waals surface area contributed by atoms with Crippen LogP contribution in [0.15, 0.2) is 60.0 Å². The van der Waals surface area contributed by atoms with Gasteiger partial charge in [-0.3, -0.25) is 10.1 Å². The maximum absolute atomic E-state index is 12.6. The minimum atomic E-state index is -0.620. The lowest BCUT2D eigenvalue weighted by atomic mass is 10.1. The molecule has 0 bridgehead atoms. The van der Waals surface area contributed by atoms with E-state index in [-0.39, 0.29) is 5.91 Å². The summed E-state index contributed by atoms with van der Waals surface area (Å²) < 4.78 is 5.32. The summed E-state index contributed by atoms with van der Waals surface area (Å²) in [6.45, 7) is 5.38. The van der Waals surface area contributed by atoms with Crippen molar-refractivity contribution in [2.24, 2.45) is 0 Å². The summed E-state index contributed by atoms with van der Waals surface area (Å²) in [7, 11) is 0. The molecule has 1 aromatic heterocycles. The highest BCUT2D eigenvalue weighted by Gasteiger charge is 2.18. The number of hydrogen-bond donors (Lipinski definition) is 2. The molecule has 143 valence electrons. The van der Waals surface area contributed by atoms with Crippen LogP contribution in [-0.2, 0) is 4.74 Å². The van der Waals surface area contributed by atoms with Gasteiger partial charge >= 0.3 is 6.09 Å². The number of ether oxygens (including phenoxy) is 1. The molecule has 0 spiro atoms. The Balaban J connectivity index is 1.90. The molecule has 1 radical (unpaired) electrons. The van der Waals surface area contributed by atoms with Gasteiger partial charge in [-0.15, -0.1) is 11.3 Å². The van der Waals surface area contributed by atoms with Crippen LogP contribution in [0.2, 0.25) is 0 Å². The van der Waals surface area contributed by atoms with Crippen LogP contribution in [0.25, 0.3) is 10.4 Å². The van der Waals surface area contributed by atoms with Crippen LogP contribution < -0.4 is 10.6 Å². The fourth-order valence-corrected chi connectivity index (χ4v) is 3.22. The summed E-state index contributed by atoms with van der Waals surface area (Å²) in [4.78, 5) is 25.9. The van der Waals surface area contributed by atoms with Gasteiger partial charge in [0.1, 0.15) is 5.60 Å². The number of hydrogen-bond acceptors (Lipinski definition) is 4. The predicted molar refractivity (Wildman–Crippen MR) is 113 cm³/mol. The molecule has 0 saturated carbocycles. The highest BCUT2D eigenvalue weighted by Crippen LogP contribution is 2.32. The van der Waals surface area contributed by atoms with Crippen LogP contribution in [0.5, 0.6) is 0 Å². The van der Waals surface area contributed by atoms with Crippen LogP contribution in [0.4, 0.5) is 16.2 Å². The van der Waals surface area contributed by atoms with Gasteiger partial charge in [0.25, 0.3) is 5.91 Å². The van der Waals surface area contributed by atoms with Crippen LogP contribution >= 0.6 is 11.3 Å². The highest BCUT2D eigenvalue weighted by atomic mass is 32.1. The van der Waals surface area contributed by atoms with E-state index in [9.17, 15) is 9.59 Å². The molecule has 2 N–H and O–H groups in total. The average molecular weight is 393 g/mol. The minimum Gasteiger partial charge on any atom is -0.444 e. The minimum absolute atomic E-state index is 0.274. The Bertz CT molecular complexity index is 961. The molecular formula is C22H21N2O3S. The maximum atomic E-state index is 12.6. The Morgan fingerprint density at radius 1 is 1.00 bits per heavy atom. The van der Waals surface area contributed by atoms with Gasteiger partial charge in [-0.2, -0.15) is 0 Å². The summed E-state index contributed by atoms with van der Waals surface area (Å²) in [5.74, 6) is -0.274. The lowest BCUT2D eigenvalue weighted by Gasteiger charge is -2.21. The van der Waals surface area contributed by atoms with Gasteiger partial charge in [-0.1, -0.05) is 24.3 Å². The Hall–Kier alpha value is -3.12. The van der Waals surface area contributed by atoms with Crippen LogP contribution in [-0.4, -0.2) is 17.6 Å². The Kier molecular flexibility index (Phi) is 5.80. The normalized spacial score (nSPS) is 11.0. The number of benzene rings is 2. The topological polar surface area (TPSA) is 67.4 Å². The van der Waals surface area contributed by atoms with Crippen molar-refractivity contribution in [3.05, 3.63) is 71.6 Å². The molecule has 0 aliphatic carbocycles. The van der Waals surface area contributed by atoms with E-state index < -0.39 is 11.7 Å². The number of thiophene rings is 1. The molecule has 28 heavy (non-hydrogen) atoms. The van der Waals surface area contributed by atoms with Gasteiger partial charge in [0.2, 0.25) is 0 Å². The Morgan fingerprint density at radius 2 is 1.75 bits per heavy atom. The standard InChI is InChI=1S/C22H21N2O3S/c1-22(2,3)27-21(26)24-17-12-11-16(19-10-7-13-28-19)14-18(17)23-20(25)15-8-5-4-6-9-15/h5-14H,1-3H3,(H,23,25)(H,24,26). The van der Waals surface area contributed by atoms with Gasteiger partial charge in [0.15, 0.2) is 0 Å². The lowest BCUT2D eigenvalue weighted by Crippen LogP contribution is -2.27. The van der Waals surface area contributed by atoms with E-state index in [0.29, 0.717) is 16.9 Å². The van der Waals surface area contributed by atoms with Crippen molar-refractivity contribution in [2.75, 3.05) is 10.6 Å². The monoisotopic (exact) mass is 393 g/mol. The number of rotatable bonds is 4. The molecule has 3 aromatic rings. The van der Waals surface area contributed by atoms with E-state index in [2.05, 4.69) is 16.7 Å². The second-order valence-electron chi connectivity index (χ2n) is 7.11. The summed E-state index contributed by atoms with van der Waals surface area (Å²) in [6, 6.07) is 19.1. The van der Waals surface area contributed by atoms with Gasteiger partial charge in [-0.25, -0.2) is 4.79 Å². The van der Waals surface area contributed by atoms with Crippen LogP contribution in [0, 0.1) is 6.07 Å². The molecule has 5 nitrogen and oxygen atoms in total. The maximum Gasteiger partial charge on any atom is 0.412 e. The highest BCUT2D eigenvalue weighted by molar-refractivity contribution is 7.13. The number of nitrogens with one attached hydrogen (secondary N) is 2. The van der Waals surface area contributed by atoms with E-state index in [1.807, 2.05) is 29.6 Å². The summed E-state index contributed by atoms with van der Waals surface area (Å²) in [5, 5.41) is 7.58. The fourth-order valence-electron chi connectivity index (χ4n) is 2.50. The molecule has 2 aromatic carbocycles. The lowest BCUT2D eigenvalue weighted by molar-refractivity contribution is 0.0635. The summed E-state index contributed by atoms with van der Waals surface area (Å²) >= 11 is 1.60. The molecular weight excluding hydrogens is 372 g/mol. The third-order valence-corrected chi connectivity index (χ3v) is 4.61.